The molecule has 39 heavy (non-hydrogen) atoms. The number of ketones is 1. The van der Waals surface area contributed by atoms with Gasteiger partial charge in [0.05, 0.1) is 19.2 Å². The van der Waals surface area contributed by atoms with Crippen molar-refractivity contribution < 1.29 is 23.6 Å². The van der Waals surface area contributed by atoms with Crippen molar-refractivity contribution in [2.75, 3.05) is 7.11 Å². The minimum atomic E-state index is -0.986. The van der Waals surface area contributed by atoms with E-state index in [2.05, 4.69) is 39.8 Å². The summed E-state index contributed by atoms with van der Waals surface area (Å²) in [6.07, 6.45) is 9.66. The molecule has 2 N–H and O–H groups in total. The number of nitrogens with zero attached hydrogens (tertiary/aromatic N) is 1. The number of rotatable bonds is 2. The Kier molecular flexibility index (Phi) is 5.54. The molecule has 1 heterocycles. The summed E-state index contributed by atoms with van der Waals surface area (Å²) in [5.41, 5.74) is 6.29. The van der Waals surface area contributed by atoms with E-state index in [0.29, 0.717) is 12.2 Å². The van der Waals surface area contributed by atoms with Crippen LogP contribution in [0, 0.1) is 51.2 Å². The topological polar surface area (TPSA) is 112 Å². The van der Waals surface area contributed by atoms with Crippen LogP contribution in [0.3, 0.4) is 0 Å². The van der Waals surface area contributed by atoms with Gasteiger partial charge in [0, 0.05) is 11.5 Å². The minimum Gasteiger partial charge on any atom is -0.469 e. The smallest absolute Gasteiger partial charge is 0.308 e. The molecular weight excluding hydrogens is 492 g/mol. The maximum absolute atomic E-state index is 14.4. The molecule has 9 atom stereocenters. The number of fused-ring (bicyclic) bond motifs is 8. The Morgan fingerprint density at radius 2 is 1.77 bits per heavy atom. The molecule has 3 saturated carbocycles. The van der Waals surface area contributed by atoms with Crippen molar-refractivity contribution in [3.05, 3.63) is 29.2 Å². The second kappa shape index (κ2) is 8.07. The van der Waals surface area contributed by atoms with Crippen LogP contribution in [0.25, 0.3) is 0 Å². The Labute approximate surface area is 231 Å². The van der Waals surface area contributed by atoms with Gasteiger partial charge in [0.2, 0.25) is 5.91 Å². The Hall–Kier alpha value is -2.44. The minimum absolute atomic E-state index is 0.0373. The number of allylic oxidation sites excluding steroid dienone is 2. The van der Waals surface area contributed by atoms with Crippen LogP contribution >= 0.6 is 0 Å². The second-order valence-corrected chi connectivity index (χ2v) is 15.2. The summed E-state index contributed by atoms with van der Waals surface area (Å²) in [4.78, 5) is 40.4. The van der Waals surface area contributed by atoms with Crippen molar-refractivity contribution in [2.24, 2.45) is 57.0 Å². The van der Waals surface area contributed by atoms with Gasteiger partial charge in [-0.15, -0.1) is 0 Å². The first kappa shape index (κ1) is 26.8. The number of carbonyl (C=O) groups excluding carboxylic acids is 3. The molecule has 1 amide bonds. The van der Waals surface area contributed by atoms with E-state index in [1.165, 1.54) is 12.7 Å². The molecule has 3 fully saturated rings. The van der Waals surface area contributed by atoms with E-state index in [9.17, 15) is 14.4 Å². The first-order valence-corrected chi connectivity index (χ1v) is 14.7. The number of nitrogens with two attached hydrogens (primary N) is 1. The van der Waals surface area contributed by atoms with Crippen LogP contribution in [0.5, 0.6) is 0 Å². The predicted molar refractivity (Wildman–Crippen MR) is 145 cm³/mol. The molecular formula is C32H44N2O5. The number of hydrogen-bond acceptors (Lipinski definition) is 6. The maximum Gasteiger partial charge on any atom is 0.308 e. The van der Waals surface area contributed by atoms with Gasteiger partial charge < -0.3 is 15.0 Å². The van der Waals surface area contributed by atoms with Gasteiger partial charge in [-0.3, -0.25) is 14.4 Å². The zero-order valence-electron chi connectivity index (χ0n) is 24.6. The first-order chi connectivity index (χ1) is 18.1. The molecule has 0 bridgehead atoms. The number of hydrogen-bond donors (Lipinski definition) is 1. The lowest BCUT2D eigenvalue weighted by Gasteiger charge is -2.68. The molecule has 5 aliphatic rings. The molecule has 5 aliphatic carbocycles. The fraction of sp³-hybridized carbons (Fsp3) is 0.750. The van der Waals surface area contributed by atoms with Crippen molar-refractivity contribution in [3.8, 4) is 0 Å². The van der Waals surface area contributed by atoms with Crippen molar-refractivity contribution >= 4 is 17.7 Å². The van der Waals surface area contributed by atoms with Crippen LogP contribution < -0.4 is 5.73 Å². The van der Waals surface area contributed by atoms with Crippen molar-refractivity contribution in [2.45, 2.75) is 91.9 Å². The van der Waals surface area contributed by atoms with Gasteiger partial charge >= 0.3 is 5.97 Å². The molecule has 0 spiro atoms. The Balaban J connectivity index is 1.48. The maximum atomic E-state index is 14.4. The summed E-state index contributed by atoms with van der Waals surface area (Å²) >= 11 is 0. The van der Waals surface area contributed by atoms with E-state index < -0.39 is 16.7 Å². The molecule has 6 rings (SSSR count). The SMILES string of the molecule is COC(=O)[C@@H]1CC(C)(C)C[C@@H]2C1CC[C@]1(C)[C@@H]2C(=O)C=C2[C@@]3(C)Cc4cnoc4[C@@](C)(C(N)=O)[C@@H]3CC[C@]21C. The molecule has 1 aromatic heterocycles. The highest BCUT2D eigenvalue weighted by Crippen LogP contribution is 2.73. The van der Waals surface area contributed by atoms with Crippen molar-refractivity contribution in [3.63, 3.8) is 0 Å². The van der Waals surface area contributed by atoms with Crippen LogP contribution in [0.4, 0.5) is 0 Å². The second-order valence-electron chi connectivity index (χ2n) is 15.2. The Bertz CT molecular complexity index is 1300. The third-order valence-electron chi connectivity index (χ3n) is 12.9. The lowest BCUT2D eigenvalue weighted by atomic mass is 9.35. The number of carbonyl (C=O) groups is 3. The summed E-state index contributed by atoms with van der Waals surface area (Å²) < 4.78 is 10.9. The summed E-state index contributed by atoms with van der Waals surface area (Å²) in [5.74, 6) is 0.211. The largest absolute Gasteiger partial charge is 0.469 e. The highest BCUT2D eigenvalue weighted by molar-refractivity contribution is 5.96. The van der Waals surface area contributed by atoms with Crippen LogP contribution in [0.15, 0.2) is 22.4 Å². The lowest BCUT2D eigenvalue weighted by molar-refractivity contribution is -0.173. The fourth-order valence-electron chi connectivity index (χ4n) is 11.0. The van der Waals surface area contributed by atoms with Crippen LogP contribution in [-0.2, 0) is 31.0 Å². The van der Waals surface area contributed by atoms with Crippen LogP contribution in [-0.4, -0.2) is 29.9 Å². The third kappa shape index (κ3) is 3.22. The van der Waals surface area contributed by atoms with Gasteiger partial charge in [-0.25, -0.2) is 0 Å². The van der Waals surface area contributed by atoms with Gasteiger partial charge in [-0.05, 0) is 97.4 Å². The fourth-order valence-corrected chi connectivity index (χ4v) is 11.0. The molecule has 7 nitrogen and oxygen atoms in total. The quantitative estimate of drug-likeness (QED) is 0.522. The number of ether oxygens (including phenoxy) is 1. The standard InChI is InChI=1S/C32H44N2O5/c1-28(2)14-19-18(20(15-28)26(36)38-7)8-10-31(5)24(19)21(35)12-23-29(3)13-17-16-34-39-25(17)32(6,27(33)37)22(29)9-11-30(23,31)4/h12,16,18-20,22,24H,8-11,13-15H2,1-7H3,(H2,33,37)/t18?,19-,20-,22-,24+,29+,30-,31-,32+/m1/s1. The van der Waals surface area contributed by atoms with E-state index in [-0.39, 0.29) is 57.6 Å². The molecule has 0 aliphatic heterocycles. The van der Waals surface area contributed by atoms with Gasteiger partial charge in [-0.2, -0.15) is 0 Å². The molecule has 1 unspecified atom stereocenters. The molecule has 0 saturated heterocycles. The van der Waals surface area contributed by atoms with E-state index >= 15 is 0 Å². The average molecular weight is 537 g/mol. The van der Waals surface area contributed by atoms with Crippen molar-refractivity contribution in [1.29, 1.82) is 0 Å². The number of methoxy groups -OCH3 is 1. The predicted octanol–water partition coefficient (Wildman–Crippen LogP) is 5.16. The lowest BCUT2D eigenvalue weighted by Crippen LogP contribution is -2.65. The number of primary amides is 1. The van der Waals surface area contributed by atoms with Gasteiger partial charge in [0.15, 0.2) is 11.5 Å². The van der Waals surface area contributed by atoms with E-state index in [0.717, 1.165) is 44.1 Å². The number of amides is 1. The van der Waals surface area contributed by atoms with Gasteiger partial charge in [0.25, 0.3) is 0 Å². The number of aromatic nitrogens is 1. The molecule has 7 heteroatoms. The monoisotopic (exact) mass is 536 g/mol. The summed E-state index contributed by atoms with van der Waals surface area (Å²) in [6.45, 7) is 13.3. The highest BCUT2D eigenvalue weighted by Gasteiger charge is 2.70. The van der Waals surface area contributed by atoms with Gasteiger partial charge in [-0.1, -0.05) is 45.3 Å². The van der Waals surface area contributed by atoms with E-state index in [1.54, 1.807) is 6.20 Å². The molecule has 212 valence electrons. The van der Waals surface area contributed by atoms with Crippen LogP contribution in [0.2, 0.25) is 0 Å². The molecule has 1 aromatic rings. The van der Waals surface area contributed by atoms with Crippen LogP contribution in [0.1, 0.15) is 91.4 Å². The average Bonchev–Trinajstić information content (AvgIpc) is 3.32. The van der Waals surface area contributed by atoms with E-state index in [4.69, 9.17) is 15.0 Å². The summed E-state index contributed by atoms with van der Waals surface area (Å²) in [5, 5.41) is 4.07. The molecule has 0 aromatic carbocycles. The zero-order valence-corrected chi connectivity index (χ0v) is 24.6. The normalized spacial score (nSPS) is 46.0. The number of esters is 1. The summed E-state index contributed by atoms with van der Waals surface area (Å²) in [7, 11) is 1.48. The zero-order chi connectivity index (χ0) is 28.3. The Morgan fingerprint density at radius 3 is 2.44 bits per heavy atom. The summed E-state index contributed by atoms with van der Waals surface area (Å²) in [6, 6.07) is 0. The van der Waals surface area contributed by atoms with Gasteiger partial charge in [0.1, 0.15) is 5.41 Å². The van der Waals surface area contributed by atoms with E-state index in [1.807, 2.05) is 13.0 Å². The molecule has 0 radical (unpaired) electrons. The Morgan fingerprint density at radius 1 is 1.05 bits per heavy atom. The van der Waals surface area contributed by atoms with Crippen molar-refractivity contribution in [1.82, 2.24) is 5.16 Å². The highest BCUT2D eigenvalue weighted by atomic mass is 16.5. The third-order valence-corrected chi connectivity index (χ3v) is 12.9. The first-order valence-electron chi connectivity index (χ1n) is 14.7.